The van der Waals surface area contributed by atoms with Crippen LogP contribution in [-0.4, -0.2) is 67.5 Å². The second-order valence-corrected chi connectivity index (χ2v) is 8.07. The van der Waals surface area contributed by atoms with Gasteiger partial charge in [-0.1, -0.05) is 30.3 Å². The molecule has 7 heteroatoms. The average Bonchev–Trinajstić information content (AvgIpc) is 3.32. The predicted octanol–water partition coefficient (Wildman–Crippen LogP) is 2.85. The molecular formula is C23H25N3O3S. The Morgan fingerprint density at radius 1 is 1.00 bits per heavy atom. The van der Waals surface area contributed by atoms with Crippen molar-refractivity contribution in [2.24, 2.45) is 0 Å². The van der Waals surface area contributed by atoms with Crippen molar-refractivity contribution in [1.29, 1.82) is 0 Å². The first-order chi connectivity index (χ1) is 14.7. The van der Waals surface area contributed by atoms with Gasteiger partial charge in [0.05, 0.1) is 5.56 Å². The van der Waals surface area contributed by atoms with Crippen LogP contribution in [0.25, 0.3) is 10.8 Å². The molecule has 3 aromatic rings. The molecule has 4 rings (SSSR count). The van der Waals surface area contributed by atoms with E-state index in [9.17, 15) is 9.59 Å². The van der Waals surface area contributed by atoms with Gasteiger partial charge in [-0.3, -0.25) is 14.5 Å². The van der Waals surface area contributed by atoms with Gasteiger partial charge >= 0.3 is 0 Å². The zero-order valence-corrected chi connectivity index (χ0v) is 17.6. The fourth-order valence-corrected chi connectivity index (χ4v) is 4.18. The number of nitrogens with one attached hydrogen (secondary N) is 1. The van der Waals surface area contributed by atoms with Crippen LogP contribution < -0.4 is 10.1 Å². The van der Waals surface area contributed by atoms with Crippen LogP contribution in [-0.2, 0) is 4.79 Å². The van der Waals surface area contributed by atoms with Gasteiger partial charge in [-0.2, -0.15) is 11.3 Å². The van der Waals surface area contributed by atoms with Crippen LogP contribution in [0.15, 0.2) is 59.3 Å². The first-order valence-electron chi connectivity index (χ1n) is 10.1. The Morgan fingerprint density at radius 3 is 2.57 bits per heavy atom. The van der Waals surface area contributed by atoms with E-state index in [0.717, 1.165) is 36.0 Å². The van der Waals surface area contributed by atoms with Gasteiger partial charge in [-0.25, -0.2) is 0 Å². The molecule has 30 heavy (non-hydrogen) atoms. The van der Waals surface area contributed by atoms with Crippen molar-refractivity contribution in [3.63, 3.8) is 0 Å². The lowest BCUT2D eigenvalue weighted by Crippen LogP contribution is -2.50. The number of amides is 2. The van der Waals surface area contributed by atoms with Gasteiger partial charge < -0.3 is 15.0 Å². The van der Waals surface area contributed by atoms with Crippen molar-refractivity contribution in [3.05, 3.63) is 64.9 Å². The topological polar surface area (TPSA) is 61.9 Å². The first-order valence-corrected chi connectivity index (χ1v) is 11.1. The van der Waals surface area contributed by atoms with E-state index in [0.29, 0.717) is 25.4 Å². The van der Waals surface area contributed by atoms with Crippen molar-refractivity contribution >= 4 is 33.9 Å². The third-order valence-corrected chi connectivity index (χ3v) is 5.95. The minimum absolute atomic E-state index is 0.00125. The summed E-state index contributed by atoms with van der Waals surface area (Å²) in [5.74, 6) is 0.666. The van der Waals surface area contributed by atoms with E-state index in [-0.39, 0.29) is 18.4 Å². The number of carbonyl (C=O) groups excluding carboxylic acids is 2. The maximum Gasteiger partial charge on any atom is 0.257 e. The smallest absolute Gasteiger partial charge is 0.257 e. The summed E-state index contributed by atoms with van der Waals surface area (Å²) in [7, 11) is 0. The van der Waals surface area contributed by atoms with E-state index in [1.807, 2.05) is 64.2 Å². The monoisotopic (exact) mass is 423 g/mol. The number of rotatable bonds is 7. The standard InChI is InChI=1S/C23H25N3O3S/c27-22(16-29-21-6-5-18-3-1-2-4-19(18)15-21)24-8-9-25-10-12-26(13-11-25)23(28)20-7-14-30-17-20/h1-7,14-15,17H,8-13,16H2,(H,24,27). The molecule has 0 aliphatic carbocycles. The van der Waals surface area contributed by atoms with Crippen LogP contribution in [0.4, 0.5) is 0 Å². The Morgan fingerprint density at radius 2 is 1.80 bits per heavy atom. The lowest BCUT2D eigenvalue weighted by molar-refractivity contribution is -0.123. The van der Waals surface area contributed by atoms with Crippen molar-refractivity contribution in [1.82, 2.24) is 15.1 Å². The van der Waals surface area contributed by atoms with E-state index in [1.165, 1.54) is 0 Å². The molecule has 1 N–H and O–H groups in total. The number of benzene rings is 2. The van der Waals surface area contributed by atoms with Gasteiger partial charge in [-0.05, 0) is 34.4 Å². The number of ether oxygens (including phenoxy) is 1. The molecule has 156 valence electrons. The molecule has 0 spiro atoms. The molecule has 1 aliphatic rings. The fourth-order valence-electron chi connectivity index (χ4n) is 3.55. The van der Waals surface area contributed by atoms with Crippen LogP contribution in [0.2, 0.25) is 0 Å². The summed E-state index contributed by atoms with van der Waals surface area (Å²) < 4.78 is 5.63. The molecule has 1 fully saturated rings. The molecular weight excluding hydrogens is 398 g/mol. The highest BCUT2D eigenvalue weighted by Gasteiger charge is 2.22. The van der Waals surface area contributed by atoms with Crippen LogP contribution in [0.3, 0.4) is 0 Å². The third kappa shape index (κ3) is 5.17. The predicted molar refractivity (Wildman–Crippen MR) is 119 cm³/mol. The van der Waals surface area contributed by atoms with Crippen LogP contribution in [0.1, 0.15) is 10.4 Å². The second kappa shape index (κ2) is 9.73. The Bertz CT molecular complexity index is 998. The van der Waals surface area contributed by atoms with Crippen molar-refractivity contribution in [3.8, 4) is 5.75 Å². The van der Waals surface area contributed by atoms with Gasteiger partial charge in [0.1, 0.15) is 5.75 Å². The van der Waals surface area contributed by atoms with E-state index >= 15 is 0 Å². The Labute approximate surface area is 180 Å². The highest BCUT2D eigenvalue weighted by molar-refractivity contribution is 7.08. The van der Waals surface area contributed by atoms with Gasteiger partial charge in [0.2, 0.25) is 0 Å². The molecule has 0 unspecified atom stereocenters. The molecule has 6 nitrogen and oxygen atoms in total. The molecule has 1 aromatic heterocycles. The quantitative estimate of drug-likeness (QED) is 0.635. The van der Waals surface area contributed by atoms with Crippen molar-refractivity contribution in [2.45, 2.75) is 0 Å². The fraction of sp³-hybridized carbons (Fsp3) is 0.304. The zero-order chi connectivity index (χ0) is 20.8. The lowest BCUT2D eigenvalue weighted by Gasteiger charge is -2.34. The van der Waals surface area contributed by atoms with E-state index < -0.39 is 0 Å². The molecule has 1 aliphatic heterocycles. The SMILES string of the molecule is O=C(COc1ccc2ccccc2c1)NCCN1CCN(C(=O)c2ccsc2)CC1. The molecule has 2 heterocycles. The normalized spacial score (nSPS) is 14.6. The van der Waals surface area contributed by atoms with Gasteiger partial charge in [0, 0.05) is 44.6 Å². The number of hydrogen-bond acceptors (Lipinski definition) is 5. The third-order valence-electron chi connectivity index (χ3n) is 5.27. The number of fused-ring (bicyclic) bond motifs is 1. The highest BCUT2D eigenvalue weighted by atomic mass is 32.1. The molecule has 2 aromatic carbocycles. The number of hydrogen-bond donors (Lipinski definition) is 1. The molecule has 2 amide bonds. The van der Waals surface area contributed by atoms with E-state index in [2.05, 4.69) is 10.2 Å². The molecule has 1 saturated heterocycles. The number of piperazine rings is 1. The summed E-state index contributed by atoms with van der Waals surface area (Å²) in [4.78, 5) is 28.6. The summed E-state index contributed by atoms with van der Waals surface area (Å²) in [6.07, 6.45) is 0. The van der Waals surface area contributed by atoms with Crippen molar-refractivity contribution in [2.75, 3.05) is 45.9 Å². The maximum atomic E-state index is 12.4. The largest absolute Gasteiger partial charge is 0.484 e. The molecule has 0 saturated carbocycles. The summed E-state index contributed by atoms with van der Waals surface area (Å²) in [6, 6.07) is 15.7. The second-order valence-electron chi connectivity index (χ2n) is 7.29. The minimum atomic E-state index is -0.130. The average molecular weight is 424 g/mol. The number of nitrogens with zero attached hydrogens (tertiary/aromatic N) is 2. The van der Waals surface area contributed by atoms with Gasteiger partial charge in [0.15, 0.2) is 6.61 Å². The van der Waals surface area contributed by atoms with Crippen LogP contribution in [0.5, 0.6) is 5.75 Å². The maximum absolute atomic E-state index is 12.4. The summed E-state index contributed by atoms with van der Waals surface area (Å²) >= 11 is 1.54. The highest BCUT2D eigenvalue weighted by Crippen LogP contribution is 2.20. The summed E-state index contributed by atoms with van der Waals surface area (Å²) in [5, 5.41) is 8.96. The van der Waals surface area contributed by atoms with Crippen molar-refractivity contribution < 1.29 is 14.3 Å². The van der Waals surface area contributed by atoms with Gasteiger partial charge in [0.25, 0.3) is 11.8 Å². The molecule has 0 radical (unpaired) electrons. The first kappa shape index (κ1) is 20.4. The minimum Gasteiger partial charge on any atom is -0.484 e. The number of carbonyl (C=O) groups is 2. The van der Waals surface area contributed by atoms with Gasteiger partial charge in [-0.15, -0.1) is 0 Å². The van der Waals surface area contributed by atoms with Crippen LogP contribution in [0, 0.1) is 0 Å². The zero-order valence-electron chi connectivity index (χ0n) is 16.8. The summed E-state index contributed by atoms with van der Waals surface area (Å²) in [6.45, 7) is 4.40. The Balaban J connectivity index is 1.14. The van der Waals surface area contributed by atoms with Crippen LogP contribution >= 0.6 is 11.3 Å². The molecule has 0 atom stereocenters. The van der Waals surface area contributed by atoms with E-state index in [4.69, 9.17) is 4.74 Å². The Hall–Kier alpha value is -2.90. The van der Waals surface area contributed by atoms with E-state index in [1.54, 1.807) is 11.3 Å². The Kier molecular flexibility index (Phi) is 6.61. The molecule has 0 bridgehead atoms. The summed E-state index contributed by atoms with van der Waals surface area (Å²) in [5.41, 5.74) is 0.770. The lowest BCUT2D eigenvalue weighted by atomic mass is 10.1. The number of thiophene rings is 1.